The maximum Gasteiger partial charge on any atom is 0.303 e. The number of aliphatic carboxylic acids is 1. The van der Waals surface area contributed by atoms with E-state index in [1.165, 1.54) is 0 Å². The van der Waals surface area contributed by atoms with Gasteiger partial charge in [-0.2, -0.15) is 0 Å². The predicted molar refractivity (Wildman–Crippen MR) is 138 cm³/mol. The molecule has 2 aromatic carbocycles. The number of nitrogen functional groups attached to an aromatic ring is 1. The number of aromatic nitrogens is 3. The van der Waals surface area contributed by atoms with Crippen LogP contribution in [-0.2, 0) is 11.3 Å². The summed E-state index contributed by atoms with van der Waals surface area (Å²) in [6.07, 6.45) is 5.55. The molecule has 0 aliphatic carbocycles. The summed E-state index contributed by atoms with van der Waals surface area (Å²) in [5.41, 5.74) is 10.3. The molecule has 2 aromatic heterocycles. The molecule has 0 saturated heterocycles. The van der Waals surface area contributed by atoms with E-state index >= 15 is 0 Å². The number of hydrogen-bond donors (Lipinski definition) is 3. The van der Waals surface area contributed by atoms with Crippen LogP contribution >= 0.6 is 11.3 Å². The van der Waals surface area contributed by atoms with Gasteiger partial charge in [0.15, 0.2) is 0 Å². The van der Waals surface area contributed by atoms with Gasteiger partial charge in [0, 0.05) is 29.0 Å². The second-order valence-corrected chi connectivity index (χ2v) is 9.18. The Hall–Kier alpha value is -3.98. The summed E-state index contributed by atoms with van der Waals surface area (Å²) in [5.74, 6) is -0.986. The highest BCUT2D eigenvalue weighted by molar-refractivity contribution is 7.13. The minimum Gasteiger partial charge on any atom is -0.481 e. The number of aryl methyl sites for hydroxylation is 1. The van der Waals surface area contributed by atoms with E-state index in [2.05, 4.69) is 15.6 Å². The van der Waals surface area contributed by atoms with Crippen molar-refractivity contribution in [2.75, 3.05) is 11.1 Å². The molecule has 9 heteroatoms. The third-order valence-corrected chi connectivity index (χ3v) is 6.54. The molecule has 8 nitrogen and oxygen atoms in total. The van der Waals surface area contributed by atoms with E-state index < -0.39 is 5.97 Å². The Kier molecular flexibility index (Phi) is 7.89. The number of carbonyl (C=O) groups is 2. The van der Waals surface area contributed by atoms with Crippen molar-refractivity contribution >= 4 is 34.6 Å². The van der Waals surface area contributed by atoms with E-state index in [0.29, 0.717) is 23.4 Å². The van der Waals surface area contributed by atoms with Crippen LogP contribution in [0.15, 0.2) is 66.2 Å². The molecule has 0 spiro atoms. The summed E-state index contributed by atoms with van der Waals surface area (Å²) in [4.78, 5) is 24.5. The van der Waals surface area contributed by atoms with Gasteiger partial charge in [0.2, 0.25) is 0 Å². The van der Waals surface area contributed by atoms with E-state index in [-0.39, 0.29) is 12.3 Å². The lowest BCUT2D eigenvalue weighted by Gasteiger charge is -2.10. The smallest absolute Gasteiger partial charge is 0.303 e. The molecule has 1 amide bonds. The maximum atomic E-state index is 12.8. The van der Waals surface area contributed by atoms with Crippen molar-refractivity contribution in [2.24, 2.45) is 0 Å². The fourth-order valence-corrected chi connectivity index (χ4v) is 4.41. The monoisotopic (exact) mass is 489 g/mol. The van der Waals surface area contributed by atoms with Crippen molar-refractivity contribution in [1.29, 1.82) is 0 Å². The minimum absolute atomic E-state index is 0.219. The molecule has 4 N–H and O–H groups in total. The number of carbonyl (C=O) groups excluding carboxylic acids is 1. The summed E-state index contributed by atoms with van der Waals surface area (Å²) in [6.45, 7) is 0.729. The molecule has 0 unspecified atom stereocenters. The molecule has 2 heterocycles. The minimum atomic E-state index is -0.748. The van der Waals surface area contributed by atoms with Crippen LogP contribution in [-0.4, -0.2) is 32.0 Å². The Balaban J connectivity index is 1.33. The van der Waals surface area contributed by atoms with Crippen molar-refractivity contribution < 1.29 is 14.7 Å². The van der Waals surface area contributed by atoms with Crippen LogP contribution in [0.25, 0.3) is 21.7 Å². The lowest BCUT2D eigenvalue weighted by molar-refractivity contribution is -0.137. The number of rotatable bonds is 11. The third kappa shape index (κ3) is 6.54. The van der Waals surface area contributed by atoms with Gasteiger partial charge in [-0.3, -0.25) is 14.3 Å². The van der Waals surface area contributed by atoms with Crippen molar-refractivity contribution in [1.82, 2.24) is 15.0 Å². The first-order valence-electron chi connectivity index (χ1n) is 11.5. The fraction of sp³-hybridized carbons (Fsp3) is 0.231. The quantitative estimate of drug-likeness (QED) is 0.188. The molecule has 0 aliphatic rings. The summed E-state index contributed by atoms with van der Waals surface area (Å²) < 4.78 is 1.79. The molecule has 4 aromatic rings. The van der Waals surface area contributed by atoms with Gasteiger partial charge in [-0.15, -0.1) is 16.4 Å². The van der Waals surface area contributed by atoms with E-state index in [0.717, 1.165) is 47.5 Å². The van der Waals surface area contributed by atoms with Gasteiger partial charge >= 0.3 is 5.97 Å². The van der Waals surface area contributed by atoms with Crippen molar-refractivity contribution in [3.05, 3.63) is 71.7 Å². The zero-order valence-electron chi connectivity index (χ0n) is 19.2. The highest BCUT2D eigenvalue weighted by Crippen LogP contribution is 2.30. The molecule has 180 valence electrons. The predicted octanol–water partition coefficient (Wildman–Crippen LogP) is 5.54. The summed E-state index contributed by atoms with van der Waals surface area (Å²) >= 11 is 1.63. The number of unbranched alkanes of at least 4 members (excludes halogenated alkanes) is 3. The van der Waals surface area contributed by atoms with Crippen LogP contribution in [0, 0.1) is 0 Å². The van der Waals surface area contributed by atoms with Gasteiger partial charge in [0.05, 0.1) is 17.6 Å². The second-order valence-electron chi connectivity index (χ2n) is 8.24. The molecule has 0 saturated carbocycles. The zero-order valence-corrected chi connectivity index (χ0v) is 20.0. The van der Waals surface area contributed by atoms with Crippen molar-refractivity contribution in [2.45, 2.75) is 38.6 Å². The number of hydrogen-bond acceptors (Lipinski definition) is 6. The molecular formula is C26H27N5O3S. The average Bonchev–Trinajstić information content (AvgIpc) is 3.55. The fourth-order valence-electron chi connectivity index (χ4n) is 3.69. The Morgan fingerprint density at radius 2 is 1.77 bits per heavy atom. The van der Waals surface area contributed by atoms with Gasteiger partial charge in [-0.05, 0) is 54.1 Å². The number of amides is 1. The Morgan fingerprint density at radius 3 is 2.51 bits per heavy atom. The Bertz CT molecular complexity index is 1280. The SMILES string of the molecule is Nc1ccc(-c2cccs2)cc1NC(=O)c1ccc(-c2cn(CCCCCCC(=O)O)nn2)cc1. The first kappa shape index (κ1) is 24.2. The Labute approximate surface area is 207 Å². The number of thiophene rings is 1. The average molecular weight is 490 g/mol. The molecule has 0 fully saturated rings. The molecule has 0 bridgehead atoms. The van der Waals surface area contributed by atoms with Crippen LogP contribution < -0.4 is 11.1 Å². The van der Waals surface area contributed by atoms with Crippen LogP contribution in [0.2, 0.25) is 0 Å². The van der Waals surface area contributed by atoms with E-state index in [1.54, 1.807) is 34.2 Å². The molecular weight excluding hydrogens is 462 g/mol. The van der Waals surface area contributed by atoms with Crippen LogP contribution in [0.5, 0.6) is 0 Å². The van der Waals surface area contributed by atoms with Crippen molar-refractivity contribution in [3.63, 3.8) is 0 Å². The number of nitrogens with two attached hydrogens (primary N) is 1. The number of carboxylic acids is 1. The summed E-state index contributed by atoms with van der Waals surface area (Å²) in [5, 5.41) is 22.0. The van der Waals surface area contributed by atoms with Crippen molar-refractivity contribution in [3.8, 4) is 21.7 Å². The standard InChI is InChI=1S/C26H27N5O3S/c27-21-13-12-20(24-6-5-15-35-24)16-22(21)28-26(34)19-10-8-18(9-11-19)23-17-31(30-29-23)14-4-2-1-3-7-25(32)33/h5-6,8-13,15-17H,1-4,7,14,27H2,(H,28,34)(H,32,33). The number of nitrogens with zero attached hydrogens (tertiary/aromatic N) is 3. The summed E-state index contributed by atoms with van der Waals surface area (Å²) in [7, 11) is 0. The van der Waals surface area contributed by atoms with E-state index in [9.17, 15) is 9.59 Å². The molecule has 0 aliphatic heterocycles. The lowest BCUT2D eigenvalue weighted by atomic mass is 10.1. The van der Waals surface area contributed by atoms with Crippen LogP contribution in [0.4, 0.5) is 11.4 Å². The number of benzene rings is 2. The van der Waals surface area contributed by atoms with Gasteiger partial charge < -0.3 is 16.2 Å². The largest absolute Gasteiger partial charge is 0.481 e. The normalized spacial score (nSPS) is 10.9. The van der Waals surface area contributed by atoms with Gasteiger partial charge in [0.25, 0.3) is 5.91 Å². The van der Waals surface area contributed by atoms with Gasteiger partial charge in [0.1, 0.15) is 5.69 Å². The highest BCUT2D eigenvalue weighted by Gasteiger charge is 2.11. The lowest BCUT2D eigenvalue weighted by Crippen LogP contribution is -2.13. The number of nitrogens with one attached hydrogen (secondary N) is 1. The molecule has 0 radical (unpaired) electrons. The topological polar surface area (TPSA) is 123 Å². The first-order valence-corrected chi connectivity index (χ1v) is 12.3. The first-order chi connectivity index (χ1) is 17.0. The van der Waals surface area contributed by atoms with E-state index in [4.69, 9.17) is 10.8 Å². The molecule has 4 rings (SSSR count). The molecule has 35 heavy (non-hydrogen) atoms. The Morgan fingerprint density at radius 1 is 1.00 bits per heavy atom. The number of carboxylic acid groups (broad SMARTS) is 1. The van der Waals surface area contributed by atoms with Gasteiger partial charge in [-0.25, -0.2) is 0 Å². The molecule has 0 atom stereocenters. The van der Waals surface area contributed by atoms with E-state index in [1.807, 2.05) is 48.0 Å². The summed E-state index contributed by atoms with van der Waals surface area (Å²) in [6, 6.07) is 16.8. The van der Waals surface area contributed by atoms with Crippen LogP contribution in [0.1, 0.15) is 42.5 Å². The maximum absolute atomic E-state index is 12.8. The second kappa shape index (κ2) is 11.4. The van der Waals surface area contributed by atoms with Gasteiger partial charge in [-0.1, -0.05) is 42.3 Å². The van der Waals surface area contributed by atoms with Crippen LogP contribution in [0.3, 0.4) is 0 Å². The third-order valence-electron chi connectivity index (χ3n) is 5.62. The highest BCUT2D eigenvalue weighted by atomic mass is 32.1. The zero-order chi connectivity index (χ0) is 24.6. The number of anilines is 2.